The molecule has 34 heavy (non-hydrogen) atoms. The summed E-state index contributed by atoms with van der Waals surface area (Å²) in [4.78, 5) is 0. The van der Waals surface area contributed by atoms with Crippen LogP contribution in [0.25, 0.3) is 0 Å². The first-order valence-corrected chi connectivity index (χ1v) is 13.3. The van der Waals surface area contributed by atoms with Crippen molar-refractivity contribution in [2.45, 2.75) is 44.8 Å². The molecule has 1 aromatic rings. The van der Waals surface area contributed by atoms with E-state index in [2.05, 4.69) is 6.58 Å². The molecule has 196 valence electrons. The van der Waals surface area contributed by atoms with Crippen molar-refractivity contribution in [2.75, 3.05) is 58.6 Å². The fourth-order valence-electron chi connectivity index (χ4n) is 2.85. The van der Waals surface area contributed by atoms with Crippen LogP contribution in [0.4, 0.5) is 0 Å². The molecule has 2 unspecified atom stereocenters. The van der Waals surface area contributed by atoms with Crippen LogP contribution in [0.2, 0.25) is 0 Å². The molecule has 0 heterocycles. The molecular formula is C24H40O9S. The van der Waals surface area contributed by atoms with Crippen molar-refractivity contribution >= 4 is 10.1 Å². The van der Waals surface area contributed by atoms with Crippen LogP contribution in [-0.4, -0.2) is 83.8 Å². The molecule has 1 N–H and O–H groups in total. The minimum Gasteiger partial charge on any atom is -0.502 e. The lowest BCUT2D eigenvalue weighted by molar-refractivity contribution is -0.0953. The number of para-hydroxylation sites is 1. The molecule has 1 aromatic carbocycles. The molecule has 0 aliphatic carbocycles. The van der Waals surface area contributed by atoms with Gasteiger partial charge in [0.1, 0.15) is 18.5 Å². The van der Waals surface area contributed by atoms with Gasteiger partial charge in [-0.1, -0.05) is 24.8 Å². The molecule has 0 saturated carbocycles. The van der Waals surface area contributed by atoms with E-state index in [-0.39, 0.29) is 18.0 Å². The summed E-state index contributed by atoms with van der Waals surface area (Å²) in [5.41, 5.74) is 0. The van der Waals surface area contributed by atoms with Gasteiger partial charge in [-0.2, -0.15) is 8.42 Å². The zero-order valence-electron chi connectivity index (χ0n) is 20.1. The standard InChI is InChI=1S/C24H40O9S/c1-3-28-13-7-8-15-30-19-22(2)33-24(21-32-23-11-5-4-6-12-23)20-31-17-16-29-14-9-10-18-34(25,26)27/h3-6,11-12,22,24H,1,7-10,13-21H2,2H3,(H,25,26,27). The molecule has 0 spiro atoms. The van der Waals surface area contributed by atoms with Crippen LogP contribution in [-0.2, 0) is 33.8 Å². The number of unbranched alkanes of at least 4 members (excludes halogenated alkanes) is 2. The van der Waals surface area contributed by atoms with Gasteiger partial charge in [-0.25, -0.2) is 0 Å². The van der Waals surface area contributed by atoms with Gasteiger partial charge < -0.3 is 28.4 Å². The van der Waals surface area contributed by atoms with Gasteiger partial charge in [-0.15, -0.1) is 0 Å². The van der Waals surface area contributed by atoms with Crippen LogP contribution < -0.4 is 4.74 Å². The van der Waals surface area contributed by atoms with Crippen molar-refractivity contribution in [3.05, 3.63) is 43.2 Å². The van der Waals surface area contributed by atoms with Gasteiger partial charge in [0.15, 0.2) is 0 Å². The third-order valence-corrected chi connectivity index (χ3v) is 5.30. The van der Waals surface area contributed by atoms with E-state index in [1.807, 2.05) is 37.3 Å². The van der Waals surface area contributed by atoms with Gasteiger partial charge in [0.05, 0.1) is 51.2 Å². The second kappa shape index (κ2) is 19.6. The maximum atomic E-state index is 10.7. The molecular weight excluding hydrogens is 464 g/mol. The van der Waals surface area contributed by atoms with Gasteiger partial charge in [-0.3, -0.25) is 4.55 Å². The van der Waals surface area contributed by atoms with E-state index >= 15 is 0 Å². The normalized spacial score (nSPS) is 13.4. The summed E-state index contributed by atoms with van der Waals surface area (Å²) in [6.45, 7) is 9.05. The fraction of sp³-hybridized carbons (Fsp3) is 0.667. The highest BCUT2D eigenvalue weighted by Gasteiger charge is 2.15. The molecule has 0 saturated heterocycles. The summed E-state index contributed by atoms with van der Waals surface area (Å²) in [5, 5.41) is 0. The third kappa shape index (κ3) is 18.7. The molecule has 2 atom stereocenters. The smallest absolute Gasteiger partial charge is 0.264 e. The average Bonchev–Trinajstić information content (AvgIpc) is 2.80. The van der Waals surface area contributed by atoms with E-state index in [0.717, 1.165) is 18.6 Å². The first-order valence-electron chi connectivity index (χ1n) is 11.6. The highest BCUT2D eigenvalue weighted by atomic mass is 32.2. The summed E-state index contributed by atoms with van der Waals surface area (Å²) in [6.07, 6.45) is 3.75. The van der Waals surface area contributed by atoms with Crippen LogP contribution in [0.1, 0.15) is 32.6 Å². The first kappa shape index (κ1) is 30.3. The monoisotopic (exact) mass is 504 g/mol. The Morgan fingerprint density at radius 2 is 1.53 bits per heavy atom. The lowest BCUT2D eigenvalue weighted by Gasteiger charge is -2.23. The highest BCUT2D eigenvalue weighted by Crippen LogP contribution is 2.11. The Bertz CT molecular complexity index is 712. The molecule has 0 fully saturated rings. The Hall–Kier alpha value is -1.69. The lowest BCUT2D eigenvalue weighted by Crippen LogP contribution is -2.33. The van der Waals surface area contributed by atoms with Crippen molar-refractivity contribution in [3.8, 4) is 5.75 Å². The molecule has 9 nitrogen and oxygen atoms in total. The molecule has 0 bridgehead atoms. The van der Waals surface area contributed by atoms with Crippen molar-refractivity contribution in [3.63, 3.8) is 0 Å². The van der Waals surface area contributed by atoms with Gasteiger partial charge in [0.25, 0.3) is 10.1 Å². The van der Waals surface area contributed by atoms with E-state index in [9.17, 15) is 8.42 Å². The van der Waals surface area contributed by atoms with E-state index in [4.69, 9.17) is 33.0 Å². The summed E-state index contributed by atoms with van der Waals surface area (Å²) in [7, 11) is -3.91. The second-order valence-electron chi connectivity index (χ2n) is 7.69. The summed E-state index contributed by atoms with van der Waals surface area (Å²) < 4.78 is 63.8. The van der Waals surface area contributed by atoms with Crippen LogP contribution in [0.15, 0.2) is 43.2 Å². The summed E-state index contributed by atoms with van der Waals surface area (Å²) in [5.74, 6) is 0.508. The third-order valence-electron chi connectivity index (χ3n) is 4.49. The summed E-state index contributed by atoms with van der Waals surface area (Å²) >= 11 is 0. The molecule has 0 amide bonds. The van der Waals surface area contributed by atoms with Crippen LogP contribution >= 0.6 is 0 Å². The van der Waals surface area contributed by atoms with Crippen LogP contribution in [0.3, 0.4) is 0 Å². The lowest BCUT2D eigenvalue weighted by atomic mass is 10.3. The Kier molecular flexibility index (Phi) is 17.5. The number of benzene rings is 1. The van der Waals surface area contributed by atoms with Gasteiger partial charge in [0, 0.05) is 13.2 Å². The molecule has 0 radical (unpaired) electrons. The molecule has 0 aromatic heterocycles. The van der Waals surface area contributed by atoms with E-state index in [1.54, 1.807) is 0 Å². The van der Waals surface area contributed by atoms with Crippen molar-refractivity contribution < 1.29 is 41.4 Å². The van der Waals surface area contributed by atoms with E-state index in [0.29, 0.717) is 65.7 Å². The van der Waals surface area contributed by atoms with Gasteiger partial charge >= 0.3 is 0 Å². The fourth-order valence-corrected chi connectivity index (χ4v) is 3.41. The maximum absolute atomic E-state index is 10.7. The molecule has 1 rings (SSSR count). The minimum atomic E-state index is -3.91. The number of ether oxygens (including phenoxy) is 6. The van der Waals surface area contributed by atoms with Crippen molar-refractivity contribution in [2.24, 2.45) is 0 Å². The molecule has 10 heteroatoms. The predicted molar refractivity (Wildman–Crippen MR) is 130 cm³/mol. The Morgan fingerprint density at radius 1 is 0.882 bits per heavy atom. The number of hydrogen-bond acceptors (Lipinski definition) is 8. The van der Waals surface area contributed by atoms with E-state index in [1.165, 1.54) is 6.26 Å². The zero-order chi connectivity index (χ0) is 24.9. The zero-order valence-corrected chi connectivity index (χ0v) is 21.0. The van der Waals surface area contributed by atoms with Gasteiger partial charge in [-0.05, 0) is 44.7 Å². The Labute approximate surface area is 204 Å². The summed E-state index contributed by atoms with van der Waals surface area (Å²) in [6, 6.07) is 9.51. The van der Waals surface area contributed by atoms with Crippen molar-refractivity contribution in [1.29, 1.82) is 0 Å². The van der Waals surface area contributed by atoms with Crippen LogP contribution in [0, 0.1) is 0 Å². The van der Waals surface area contributed by atoms with Crippen LogP contribution in [0.5, 0.6) is 5.75 Å². The Balaban J connectivity index is 2.25. The topological polar surface area (TPSA) is 110 Å². The first-order chi connectivity index (χ1) is 16.4. The van der Waals surface area contributed by atoms with E-state index < -0.39 is 10.1 Å². The molecule has 0 aliphatic rings. The van der Waals surface area contributed by atoms with Crippen molar-refractivity contribution in [1.82, 2.24) is 0 Å². The highest BCUT2D eigenvalue weighted by molar-refractivity contribution is 7.85. The second-order valence-corrected chi connectivity index (χ2v) is 9.26. The largest absolute Gasteiger partial charge is 0.502 e. The number of hydrogen-bond donors (Lipinski definition) is 1. The number of rotatable bonds is 23. The Morgan fingerprint density at radius 3 is 2.26 bits per heavy atom. The van der Waals surface area contributed by atoms with Gasteiger partial charge in [0.2, 0.25) is 0 Å². The quantitative estimate of drug-likeness (QED) is 0.136. The predicted octanol–water partition coefficient (Wildman–Crippen LogP) is 3.50. The maximum Gasteiger partial charge on any atom is 0.264 e. The average molecular weight is 505 g/mol. The minimum absolute atomic E-state index is 0.128. The molecule has 0 aliphatic heterocycles. The SMILES string of the molecule is C=COCCCCOCC(C)OC(COCCOCCCCS(=O)(=O)O)COc1ccccc1.